The van der Waals surface area contributed by atoms with Gasteiger partial charge in [0.2, 0.25) is 0 Å². The molecule has 30 heavy (non-hydrogen) atoms. The van der Waals surface area contributed by atoms with Crippen molar-refractivity contribution in [3.63, 3.8) is 0 Å². The van der Waals surface area contributed by atoms with Crippen molar-refractivity contribution in [2.45, 2.75) is 22.5 Å². The number of hydrogen-bond donors (Lipinski definition) is 1. The minimum atomic E-state index is -4.47. The Morgan fingerprint density at radius 2 is 1.60 bits per heavy atom. The van der Waals surface area contributed by atoms with Crippen LogP contribution >= 0.6 is 11.8 Å². The van der Waals surface area contributed by atoms with E-state index < -0.39 is 11.7 Å². The van der Waals surface area contributed by atoms with E-state index in [9.17, 15) is 18.0 Å². The SMILES string of the molecule is C[NH+](CC(=O)N1c2ccccc2Sc2ccc(C(F)(F)F)cc21)Cc1ccccc1. The van der Waals surface area contributed by atoms with E-state index in [4.69, 9.17) is 0 Å². The van der Waals surface area contributed by atoms with Gasteiger partial charge in [-0.1, -0.05) is 54.2 Å². The predicted molar refractivity (Wildman–Crippen MR) is 111 cm³/mol. The molecule has 0 radical (unpaired) electrons. The fourth-order valence-electron chi connectivity index (χ4n) is 3.54. The highest BCUT2D eigenvalue weighted by Crippen LogP contribution is 2.49. The van der Waals surface area contributed by atoms with E-state index >= 15 is 0 Å². The second-order valence-electron chi connectivity index (χ2n) is 7.28. The quantitative estimate of drug-likeness (QED) is 0.658. The average Bonchev–Trinajstić information content (AvgIpc) is 2.71. The molecule has 1 atom stereocenters. The summed E-state index contributed by atoms with van der Waals surface area (Å²) in [5.41, 5.74) is 1.24. The monoisotopic (exact) mass is 429 g/mol. The molecule has 0 aromatic heterocycles. The Morgan fingerprint density at radius 3 is 2.33 bits per heavy atom. The first-order valence-electron chi connectivity index (χ1n) is 9.49. The Hall–Kier alpha value is -2.77. The minimum Gasteiger partial charge on any atom is -0.326 e. The highest BCUT2D eigenvalue weighted by atomic mass is 32.2. The van der Waals surface area contributed by atoms with Gasteiger partial charge in [-0.25, -0.2) is 0 Å². The zero-order valence-electron chi connectivity index (χ0n) is 16.2. The van der Waals surface area contributed by atoms with Crippen LogP contribution in [0.4, 0.5) is 24.5 Å². The maximum atomic E-state index is 13.3. The van der Waals surface area contributed by atoms with Gasteiger partial charge >= 0.3 is 6.18 Å². The van der Waals surface area contributed by atoms with Crippen LogP contribution in [0.5, 0.6) is 0 Å². The zero-order valence-corrected chi connectivity index (χ0v) is 17.1. The number of halogens is 3. The number of alkyl halides is 3. The van der Waals surface area contributed by atoms with Crippen LogP contribution in [0.3, 0.4) is 0 Å². The number of likely N-dealkylation sites (N-methyl/N-ethyl adjacent to an activating group) is 1. The molecule has 0 fully saturated rings. The number of para-hydroxylation sites is 1. The summed E-state index contributed by atoms with van der Waals surface area (Å²) in [7, 11) is 1.91. The molecule has 1 N–H and O–H groups in total. The Labute approximate surface area is 177 Å². The number of quaternary nitrogens is 1. The Morgan fingerprint density at radius 1 is 0.933 bits per heavy atom. The standard InChI is InChI=1S/C23H19F3N2OS/c1-27(14-16-7-3-2-4-8-16)15-22(29)28-18-9-5-6-10-20(18)30-21-12-11-17(13-19(21)28)23(24,25)26/h2-13H,14-15H2,1H3/p+1. The third-order valence-electron chi connectivity index (χ3n) is 4.90. The van der Waals surface area contributed by atoms with Gasteiger partial charge in [-0.2, -0.15) is 13.2 Å². The number of carbonyl (C=O) groups is 1. The molecule has 1 heterocycles. The lowest BCUT2D eigenvalue weighted by Gasteiger charge is -2.32. The fourth-order valence-corrected chi connectivity index (χ4v) is 4.58. The van der Waals surface area contributed by atoms with E-state index in [1.807, 2.05) is 49.5 Å². The van der Waals surface area contributed by atoms with Gasteiger partial charge in [0, 0.05) is 15.4 Å². The second-order valence-corrected chi connectivity index (χ2v) is 8.36. The number of rotatable bonds is 4. The molecular weight excluding hydrogens is 409 g/mol. The van der Waals surface area contributed by atoms with Crippen molar-refractivity contribution >= 4 is 29.0 Å². The van der Waals surface area contributed by atoms with Crippen molar-refractivity contribution in [1.29, 1.82) is 0 Å². The first-order chi connectivity index (χ1) is 14.3. The molecular formula is C23H20F3N2OS+. The number of fused-ring (bicyclic) bond motifs is 2. The maximum absolute atomic E-state index is 13.3. The van der Waals surface area contributed by atoms with Crippen LogP contribution in [0.15, 0.2) is 82.6 Å². The van der Waals surface area contributed by atoms with Gasteiger partial charge in [-0.05, 0) is 30.3 Å². The van der Waals surface area contributed by atoms with Crippen molar-refractivity contribution in [1.82, 2.24) is 0 Å². The van der Waals surface area contributed by atoms with E-state index in [0.29, 0.717) is 17.1 Å². The molecule has 0 saturated carbocycles. The van der Waals surface area contributed by atoms with Crippen molar-refractivity contribution in [3.8, 4) is 0 Å². The normalized spacial score (nSPS) is 14.1. The number of anilines is 2. The van der Waals surface area contributed by atoms with Crippen molar-refractivity contribution < 1.29 is 22.9 Å². The van der Waals surface area contributed by atoms with Crippen LogP contribution in [0.1, 0.15) is 11.1 Å². The van der Waals surface area contributed by atoms with Gasteiger partial charge in [0.15, 0.2) is 6.54 Å². The molecule has 4 rings (SSSR count). The average molecular weight is 429 g/mol. The summed E-state index contributed by atoms with van der Waals surface area (Å²) >= 11 is 1.38. The van der Waals surface area contributed by atoms with Crippen molar-refractivity contribution in [2.24, 2.45) is 0 Å². The summed E-state index contributed by atoms with van der Waals surface area (Å²) in [5, 5.41) is 0. The molecule has 7 heteroatoms. The lowest BCUT2D eigenvalue weighted by Crippen LogP contribution is -3.08. The largest absolute Gasteiger partial charge is 0.416 e. The molecule has 0 aliphatic carbocycles. The maximum Gasteiger partial charge on any atom is 0.416 e. The lowest BCUT2D eigenvalue weighted by atomic mass is 10.1. The van der Waals surface area contributed by atoms with Crippen LogP contribution in [0, 0.1) is 0 Å². The number of nitrogens with zero attached hydrogens (tertiary/aromatic N) is 1. The molecule has 1 aliphatic rings. The van der Waals surface area contributed by atoms with E-state index in [2.05, 4.69) is 0 Å². The van der Waals surface area contributed by atoms with Crippen LogP contribution in [0.25, 0.3) is 0 Å². The summed E-state index contributed by atoms with van der Waals surface area (Å²) in [6.07, 6.45) is -4.47. The Kier molecular flexibility index (Phi) is 5.58. The minimum absolute atomic E-state index is 0.156. The number of carbonyl (C=O) groups excluding carboxylic acids is 1. The van der Waals surface area contributed by atoms with Gasteiger partial charge in [0.25, 0.3) is 5.91 Å². The Balaban J connectivity index is 1.67. The molecule has 0 bridgehead atoms. The third-order valence-corrected chi connectivity index (χ3v) is 6.03. The summed E-state index contributed by atoms with van der Waals surface area (Å²) in [6, 6.07) is 20.7. The molecule has 3 aromatic carbocycles. The molecule has 1 unspecified atom stereocenters. The topological polar surface area (TPSA) is 24.8 Å². The smallest absolute Gasteiger partial charge is 0.326 e. The van der Waals surface area contributed by atoms with Crippen LogP contribution in [0.2, 0.25) is 0 Å². The van der Waals surface area contributed by atoms with E-state index in [0.717, 1.165) is 27.5 Å². The van der Waals surface area contributed by atoms with Crippen LogP contribution in [-0.4, -0.2) is 19.5 Å². The highest BCUT2D eigenvalue weighted by molar-refractivity contribution is 7.99. The van der Waals surface area contributed by atoms with Crippen LogP contribution in [-0.2, 0) is 17.5 Å². The lowest BCUT2D eigenvalue weighted by molar-refractivity contribution is -0.885. The summed E-state index contributed by atoms with van der Waals surface area (Å²) < 4.78 is 40.0. The van der Waals surface area contributed by atoms with Crippen molar-refractivity contribution in [3.05, 3.63) is 83.9 Å². The third kappa shape index (κ3) is 4.22. The number of hydrogen-bond acceptors (Lipinski definition) is 2. The molecule has 3 aromatic rings. The molecule has 1 amide bonds. The van der Waals surface area contributed by atoms with E-state index in [-0.39, 0.29) is 18.1 Å². The van der Waals surface area contributed by atoms with Gasteiger partial charge < -0.3 is 4.90 Å². The number of benzene rings is 3. The number of amides is 1. The first kappa shape index (κ1) is 20.5. The first-order valence-corrected chi connectivity index (χ1v) is 10.3. The Bertz CT molecular complexity index is 1070. The van der Waals surface area contributed by atoms with Gasteiger partial charge in [0.05, 0.1) is 24.0 Å². The summed E-state index contributed by atoms with van der Waals surface area (Å²) in [5.74, 6) is -0.239. The molecule has 3 nitrogen and oxygen atoms in total. The summed E-state index contributed by atoms with van der Waals surface area (Å²) in [6.45, 7) is 0.801. The zero-order chi connectivity index (χ0) is 21.3. The predicted octanol–water partition coefficient (Wildman–Crippen LogP) is 4.55. The van der Waals surface area contributed by atoms with E-state index in [1.54, 1.807) is 12.1 Å². The molecule has 0 spiro atoms. The van der Waals surface area contributed by atoms with Gasteiger partial charge in [0.1, 0.15) is 6.54 Å². The highest BCUT2D eigenvalue weighted by Gasteiger charge is 2.35. The molecule has 0 saturated heterocycles. The van der Waals surface area contributed by atoms with Gasteiger partial charge in [-0.3, -0.25) is 9.69 Å². The van der Waals surface area contributed by atoms with Crippen LogP contribution < -0.4 is 9.80 Å². The molecule has 154 valence electrons. The van der Waals surface area contributed by atoms with Crippen molar-refractivity contribution in [2.75, 3.05) is 18.5 Å². The fraction of sp³-hybridized carbons (Fsp3) is 0.174. The van der Waals surface area contributed by atoms with E-state index in [1.165, 1.54) is 22.7 Å². The second kappa shape index (κ2) is 8.16. The molecule has 1 aliphatic heterocycles. The van der Waals surface area contributed by atoms with Gasteiger partial charge in [-0.15, -0.1) is 0 Å². The summed E-state index contributed by atoms with van der Waals surface area (Å²) in [4.78, 5) is 17.2. The number of nitrogens with one attached hydrogen (secondary N) is 1.